The molecule has 218 valence electrons. The van der Waals surface area contributed by atoms with Crippen LogP contribution in [0.4, 0.5) is 17.6 Å². The number of benzene rings is 3. The van der Waals surface area contributed by atoms with Crippen molar-refractivity contribution in [3.8, 4) is 16.9 Å². The first-order chi connectivity index (χ1) is 20.0. The number of aromatic nitrogens is 3. The monoisotopic (exact) mass is 574 g/mol. The number of nitrogens with zero attached hydrogens (tertiary/aromatic N) is 3. The second-order valence-electron chi connectivity index (χ2n) is 11.6. The first-order valence-electron chi connectivity index (χ1n) is 14.4. The third kappa shape index (κ3) is 4.44. The van der Waals surface area contributed by atoms with Gasteiger partial charge in [0.1, 0.15) is 5.82 Å². The second-order valence-corrected chi connectivity index (χ2v) is 11.6. The molecule has 1 aliphatic heterocycles. The number of aromatic amines is 1. The maximum atomic E-state index is 14.8. The van der Waals surface area contributed by atoms with Crippen LogP contribution < -0.4 is 0 Å². The van der Waals surface area contributed by atoms with Gasteiger partial charge in [-0.15, -0.1) is 0 Å². The smallest absolute Gasteiger partial charge is 0.359 e. The third-order valence-electron chi connectivity index (χ3n) is 8.84. The fourth-order valence-electron chi connectivity index (χ4n) is 6.36. The Kier molecular flexibility index (Phi) is 6.80. The lowest BCUT2D eigenvalue weighted by Crippen LogP contribution is -2.36. The molecule has 0 bridgehead atoms. The molecule has 0 saturated heterocycles. The summed E-state index contributed by atoms with van der Waals surface area (Å²) in [6, 6.07) is 15.4. The zero-order valence-corrected chi connectivity index (χ0v) is 24.5. The summed E-state index contributed by atoms with van der Waals surface area (Å²) in [7, 11) is 0. The molecule has 5 aromatic rings. The van der Waals surface area contributed by atoms with Gasteiger partial charge in [0.25, 0.3) is 0 Å². The number of hydrogen-bond donors (Lipinski definition) is 1. The van der Waals surface area contributed by atoms with Crippen molar-refractivity contribution >= 4 is 10.9 Å². The summed E-state index contributed by atoms with van der Waals surface area (Å²) in [5, 5.41) is 6.04. The van der Waals surface area contributed by atoms with Crippen molar-refractivity contribution in [1.82, 2.24) is 19.7 Å². The first kappa shape index (κ1) is 28.2. The number of alkyl halides is 3. The summed E-state index contributed by atoms with van der Waals surface area (Å²) in [5.41, 5.74) is 7.67. The van der Waals surface area contributed by atoms with Gasteiger partial charge in [0.05, 0.1) is 33.7 Å². The van der Waals surface area contributed by atoms with E-state index < -0.39 is 17.3 Å². The molecule has 3 heterocycles. The van der Waals surface area contributed by atoms with E-state index in [1.165, 1.54) is 23.3 Å². The van der Waals surface area contributed by atoms with E-state index in [1.807, 2.05) is 23.7 Å². The molecule has 8 heteroatoms. The topological polar surface area (TPSA) is 36.9 Å². The Morgan fingerprint density at radius 1 is 0.952 bits per heavy atom. The molecular formula is C34H34F4N4. The van der Waals surface area contributed by atoms with Crippen molar-refractivity contribution < 1.29 is 17.6 Å². The Morgan fingerprint density at radius 2 is 1.67 bits per heavy atom. The molecule has 42 heavy (non-hydrogen) atoms. The van der Waals surface area contributed by atoms with Gasteiger partial charge in [0, 0.05) is 35.8 Å². The average Bonchev–Trinajstić information content (AvgIpc) is 3.64. The van der Waals surface area contributed by atoms with E-state index >= 15 is 0 Å². The van der Waals surface area contributed by atoms with Crippen molar-refractivity contribution in [1.29, 1.82) is 0 Å². The molecule has 0 spiro atoms. The molecule has 1 N–H and O–H groups in total. The summed E-state index contributed by atoms with van der Waals surface area (Å²) in [6.45, 7) is 11.1. The zero-order chi connectivity index (χ0) is 30.0. The average molecular weight is 575 g/mol. The van der Waals surface area contributed by atoms with Gasteiger partial charge in [-0.3, -0.25) is 4.90 Å². The lowest BCUT2D eigenvalue weighted by molar-refractivity contribution is -0.137. The van der Waals surface area contributed by atoms with Crippen molar-refractivity contribution in [2.45, 2.75) is 72.3 Å². The Bertz CT molecular complexity index is 1790. The molecular weight excluding hydrogens is 540 g/mol. The van der Waals surface area contributed by atoms with Crippen LogP contribution >= 0.6 is 0 Å². The van der Waals surface area contributed by atoms with Crippen LogP contribution in [0.15, 0.2) is 60.8 Å². The number of rotatable bonds is 6. The normalized spacial score (nSPS) is 15.1. The van der Waals surface area contributed by atoms with E-state index in [1.54, 1.807) is 12.3 Å². The number of halogens is 4. The van der Waals surface area contributed by atoms with Crippen molar-refractivity contribution in [3.63, 3.8) is 0 Å². The fourth-order valence-corrected chi connectivity index (χ4v) is 6.36. The Labute approximate surface area is 243 Å². The molecule has 0 saturated carbocycles. The minimum absolute atomic E-state index is 0.327. The molecule has 0 radical (unpaired) electrons. The van der Waals surface area contributed by atoms with Crippen molar-refractivity contribution in [2.75, 3.05) is 0 Å². The highest BCUT2D eigenvalue weighted by Gasteiger charge is 2.43. The summed E-state index contributed by atoms with van der Waals surface area (Å²) in [6.07, 6.45) is -1.03. The molecule has 0 aliphatic carbocycles. The highest BCUT2D eigenvalue weighted by atomic mass is 19.4. The largest absolute Gasteiger partial charge is 0.416 e. The minimum Gasteiger partial charge on any atom is -0.359 e. The maximum Gasteiger partial charge on any atom is 0.416 e. The van der Waals surface area contributed by atoms with Crippen molar-refractivity contribution in [3.05, 3.63) is 106 Å². The quantitative estimate of drug-likeness (QED) is 0.206. The Balaban J connectivity index is 1.56. The van der Waals surface area contributed by atoms with Gasteiger partial charge in [0.2, 0.25) is 0 Å². The Hall–Kier alpha value is -3.91. The van der Waals surface area contributed by atoms with Gasteiger partial charge in [0.15, 0.2) is 0 Å². The molecule has 0 amide bonds. The van der Waals surface area contributed by atoms with Crippen molar-refractivity contribution in [2.24, 2.45) is 0 Å². The standard InChI is InChI=1S/C34H34F4N4/c1-6-21-9-8-10-22(7-2)30(21)42-31(26-13-14-28(35)29-25(26)15-16-39-29)27-19-41(33(4,5)32(27)40-42)18-23-17-24(34(36,37)38)12-11-20(23)3/h8-17,39H,6-7,18-19H2,1-5H3. The van der Waals surface area contributed by atoms with Gasteiger partial charge in [-0.2, -0.15) is 18.3 Å². The van der Waals surface area contributed by atoms with Crippen LogP contribution in [0.1, 0.15) is 66.8 Å². The van der Waals surface area contributed by atoms with E-state index in [-0.39, 0.29) is 5.82 Å². The van der Waals surface area contributed by atoms with E-state index in [0.717, 1.165) is 58.1 Å². The number of nitrogens with one attached hydrogen (secondary N) is 1. The summed E-state index contributed by atoms with van der Waals surface area (Å²) < 4.78 is 57.6. The lowest BCUT2D eigenvalue weighted by atomic mass is 9.96. The van der Waals surface area contributed by atoms with Gasteiger partial charge in [-0.05, 0) is 86.2 Å². The van der Waals surface area contributed by atoms with Crippen LogP contribution in [0.3, 0.4) is 0 Å². The van der Waals surface area contributed by atoms with Gasteiger partial charge in [-0.1, -0.05) is 38.1 Å². The van der Waals surface area contributed by atoms with Crippen LogP contribution in [-0.2, 0) is 37.6 Å². The molecule has 0 unspecified atom stereocenters. The lowest BCUT2D eigenvalue weighted by Gasteiger charge is -2.32. The molecule has 1 aliphatic rings. The SMILES string of the molecule is CCc1cccc(CC)c1-n1nc2c(c1-c1ccc(F)c3[nH]ccc13)CN(Cc1cc(C(F)(F)F)ccc1C)C2(C)C. The van der Waals surface area contributed by atoms with E-state index in [4.69, 9.17) is 5.10 Å². The molecule has 2 aromatic heterocycles. The predicted octanol–water partition coefficient (Wildman–Crippen LogP) is 8.86. The van der Waals surface area contributed by atoms with Crippen LogP contribution in [0.5, 0.6) is 0 Å². The minimum atomic E-state index is -4.41. The molecule has 6 rings (SSSR count). The fraction of sp³-hybridized carbons (Fsp3) is 0.324. The van der Waals surface area contributed by atoms with Gasteiger partial charge < -0.3 is 4.98 Å². The van der Waals surface area contributed by atoms with E-state index in [0.29, 0.717) is 24.2 Å². The number of hydrogen-bond acceptors (Lipinski definition) is 2. The number of fused-ring (bicyclic) bond motifs is 2. The summed E-state index contributed by atoms with van der Waals surface area (Å²) in [4.78, 5) is 5.22. The van der Waals surface area contributed by atoms with Gasteiger partial charge >= 0.3 is 6.18 Å². The van der Waals surface area contributed by atoms with Crippen LogP contribution in [-0.4, -0.2) is 19.7 Å². The highest BCUT2D eigenvalue weighted by molar-refractivity contribution is 5.96. The molecule has 0 atom stereocenters. The Morgan fingerprint density at radius 3 is 2.33 bits per heavy atom. The number of aryl methyl sites for hydroxylation is 3. The van der Waals surface area contributed by atoms with Crippen LogP contribution in [0.25, 0.3) is 27.8 Å². The van der Waals surface area contributed by atoms with Crippen LogP contribution in [0.2, 0.25) is 0 Å². The number of para-hydroxylation sites is 1. The number of H-pyrrole nitrogens is 1. The molecule has 3 aromatic carbocycles. The maximum absolute atomic E-state index is 14.8. The predicted molar refractivity (Wildman–Crippen MR) is 158 cm³/mol. The molecule has 4 nitrogen and oxygen atoms in total. The summed E-state index contributed by atoms with van der Waals surface area (Å²) >= 11 is 0. The van der Waals surface area contributed by atoms with E-state index in [9.17, 15) is 17.6 Å². The summed E-state index contributed by atoms with van der Waals surface area (Å²) in [5.74, 6) is -0.327. The highest BCUT2D eigenvalue weighted by Crippen LogP contribution is 2.46. The van der Waals surface area contributed by atoms with Gasteiger partial charge in [-0.25, -0.2) is 9.07 Å². The first-order valence-corrected chi connectivity index (χ1v) is 14.4. The van der Waals surface area contributed by atoms with E-state index in [2.05, 4.69) is 55.8 Å². The second kappa shape index (κ2) is 10.1. The third-order valence-corrected chi connectivity index (χ3v) is 8.84. The zero-order valence-electron chi connectivity index (χ0n) is 24.5. The van der Waals surface area contributed by atoms with Crippen LogP contribution in [0, 0.1) is 12.7 Å². The molecule has 0 fully saturated rings.